The van der Waals surface area contributed by atoms with E-state index < -0.39 is 0 Å². The molecule has 0 bridgehead atoms. The maximum Gasteiger partial charge on any atom is 0.129 e. The fourth-order valence-electron chi connectivity index (χ4n) is 0.999. The monoisotopic (exact) mass is 240 g/mol. The van der Waals surface area contributed by atoms with E-state index in [1.165, 1.54) is 0 Å². The van der Waals surface area contributed by atoms with Crippen molar-refractivity contribution < 1.29 is 0 Å². The van der Waals surface area contributed by atoms with Gasteiger partial charge in [0.2, 0.25) is 0 Å². The van der Waals surface area contributed by atoms with Gasteiger partial charge in [0.05, 0.1) is 0 Å². The van der Waals surface area contributed by atoms with Crippen LogP contribution in [0.4, 0.5) is 5.82 Å². The second kappa shape index (κ2) is 5.02. The Morgan fingerprint density at radius 1 is 1.62 bits per heavy atom. The van der Waals surface area contributed by atoms with Crippen LogP contribution in [0.5, 0.6) is 0 Å². The van der Waals surface area contributed by atoms with Gasteiger partial charge in [0.1, 0.15) is 5.82 Å². The lowest BCUT2D eigenvalue weighted by Gasteiger charge is -2.05. The highest BCUT2D eigenvalue weighted by Gasteiger charge is 1.97. The molecular formula is C10H13BrN2. The third-order valence-corrected chi connectivity index (χ3v) is 2.10. The number of aryl methyl sites for hydroxylation is 1. The van der Waals surface area contributed by atoms with Gasteiger partial charge in [-0.3, -0.25) is 0 Å². The standard InChI is InChI=1S/C10H13BrN2/c1-3-4-5-12-10-8(2)6-9(11)7-13-10/h3-4,6-7H,5H2,1-2H3,(H,12,13)/b4-3+. The summed E-state index contributed by atoms with van der Waals surface area (Å²) in [4.78, 5) is 4.26. The lowest BCUT2D eigenvalue weighted by molar-refractivity contribution is 1.18. The number of allylic oxidation sites excluding steroid dienone is 1. The van der Waals surface area contributed by atoms with Gasteiger partial charge in [-0.25, -0.2) is 4.98 Å². The van der Waals surface area contributed by atoms with Crippen molar-refractivity contribution in [2.24, 2.45) is 0 Å². The normalized spacial score (nSPS) is 10.7. The molecule has 1 aromatic heterocycles. The summed E-state index contributed by atoms with van der Waals surface area (Å²) in [7, 11) is 0. The molecule has 1 aromatic rings. The van der Waals surface area contributed by atoms with Crippen LogP contribution in [0.1, 0.15) is 12.5 Å². The van der Waals surface area contributed by atoms with Crippen molar-refractivity contribution in [2.75, 3.05) is 11.9 Å². The molecule has 2 nitrogen and oxygen atoms in total. The number of hydrogen-bond donors (Lipinski definition) is 1. The van der Waals surface area contributed by atoms with Gasteiger partial charge in [-0.05, 0) is 41.4 Å². The summed E-state index contributed by atoms with van der Waals surface area (Å²) < 4.78 is 1.02. The van der Waals surface area contributed by atoms with E-state index in [2.05, 4.69) is 32.3 Å². The lowest BCUT2D eigenvalue weighted by atomic mass is 10.3. The van der Waals surface area contributed by atoms with Crippen LogP contribution in [0.2, 0.25) is 0 Å². The van der Waals surface area contributed by atoms with Crippen LogP contribution >= 0.6 is 15.9 Å². The molecule has 0 aliphatic rings. The predicted molar refractivity (Wildman–Crippen MR) is 60.0 cm³/mol. The molecule has 0 aliphatic carbocycles. The molecule has 0 fully saturated rings. The van der Waals surface area contributed by atoms with Crippen LogP contribution in [0, 0.1) is 6.92 Å². The Hall–Kier alpha value is -0.830. The van der Waals surface area contributed by atoms with Crippen molar-refractivity contribution in [3.05, 3.63) is 34.5 Å². The molecule has 0 aromatic carbocycles. The highest BCUT2D eigenvalue weighted by molar-refractivity contribution is 9.10. The summed E-state index contributed by atoms with van der Waals surface area (Å²) >= 11 is 3.37. The number of hydrogen-bond acceptors (Lipinski definition) is 2. The highest BCUT2D eigenvalue weighted by Crippen LogP contribution is 2.16. The van der Waals surface area contributed by atoms with E-state index in [4.69, 9.17) is 0 Å². The average Bonchev–Trinajstić information content (AvgIpc) is 2.09. The van der Waals surface area contributed by atoms with Gasteiger partial charge in [0.15, 0.2) is 0 Å². The number of pyridine rings is 1. The van der Waals surface area contributed by atoms with Crippen molar-refractivity contribution >= 4 is 21.7 Å². The van der Waals surface area contributed by atoms with Gasteiger partial charge >= 0.3 is 0 Å². The number of nitrogens with one attached hydrogen (secondary N) is 1. The Morgan fingerprint density at radius 3 is 3.00 bits per heavy atom. The number of anilines is 1. The van der Waals surface area contributed by atoms with Gasteiger partial charge < -0.3 is 5.32 Å². The zero-order chi connectivity index (χ0) is 9.68. The molecule has 1 heterocycles. The van der Waals surface area contributed by atoms with Gasteiger partial charge in [-0.1, -0.05) is 12.2 Å². The van der Waals surface area contributed by atoms with E-state index in [1.54, 1.807) is 6.20 Å². The number of nitrogens with zero attached hydrogens (tertiary/aromatic N) is 1. The summed E-state index contributed by atoms with van der Waals surface area (Å²) in [5, 5.41) is 3.22. The van der Waals surface area contributed by atoms with Crippen LogP contribution in [0.15, 0.2) is 28.9 Å². The number of aromatic nitrogens is 1. The number of rotatable bonds is 3. The summed E-state index contributed by atoms with van der Waals surface area (Å²) in [6.07, 6.45) is 5.87. The summed E-state index contributed by atoms with van der Waals surface area (Å²) in [6, 6.07) is 2.05. The molecule has 0 radical (unpaired) electrons. The van der Waals surface area contributed by atoms with E-state index >= 15 is 0 Å². The summed E-state index contributed by atoms with van der Waals surface area (Å²) in [6.45, 7) is 4.87. The summed E-state index contributed by atoms with van der Waals surface area (Å²) in [5.74, 6) is 0.946. The Balaban J connectivity index is 2.66. The van der Waals surface area contributed by atoms with E-state index in [0.717, 1.165) is 22.4 Å². The topological polar surface area (TPSA) is 24.9 Å². The molecular weight excluding hydrogens is 228 g/mol. The Labute approximate surface area is 87.2 Å². The van der Waals surface area contributed by atoms with Gasteiger partial charge in [-0.2, -0.15) is 0 Å². The van der Waals surface area contributed by atoms with E-state index in [9.17, 15) is 0 Å². The van der Waals surface area contributed by atoms with Crippen molar-refractivity contribution in [2.45, 2.75) is 13.8 Å². The molecule has 0 unspecified atom stereocenters. The first-order valence-electron chi connectivity index (χ1n) is 4.21. The lowest BCUT2D eigenvalue weighted by Crippen LogP contribution is -2.02. The van der Waals surface area contributed by atoms with Gasteiger partial charge in [0.25, 0.3) is 0 Å². The molecule has 0 spiro atoms. The van der Waals surface area contributed by atoms with Crippen molar-refractivity contribution in [3.63, 3.8) is 0 Å². The zero-order valence-corrected chi connectivity index (χ0v) is 9.43. The largest absolute Gasteiger partial charge is 0.366 e. The minimum absolute atomic E-state index is 0.825. The third-order valence-electron chi connectivity index (χ3n) is 1.67. The fourth-order valence-corrected chi connectivity index (χ4v) is 1.44. The summed E-state index contributed by atoms with van der Waals surface area (Å²) in [5.41, 5.74) is 1.15. The molecule has 0 amide bonds. The van der Waals surface area contributed by atoms with Crippen LogP contribution < -0.4 is 5.32 Å². The van der Waals surface area contributed by atoms with Crippen molar-refractivity contribution in [3.8, 4) is 0 Å². The molecule has 0 atom stereocenters. The molecule has 1 N–H and O–H groups in total. The van der Waals surface area contributed by atoms with Crippen LogP contribution in [0.25, 0.3) is 0 Å². The molecule has 1 rings (SSSR count). The first kappa shape index (κ1) is 10.3. The second-order valence-corrected chi connectivity index (χ2v) is 3.68. The van der Waals surface area contributed by atoms with Crippen LogP contribution in [-0.4, -0.2) is 11.5 Å². The maximum absolute atomic E-state index is 4.26. The van der Waals surface area contributed by atoms with E-state index in [0.29, 0.717) is 0 Å². The highest BCUT2D eigenvalue weighted by atomic mass is 79.9. The van der Waals surface area contributed by atoms with Crippen LogP contribution in [0.3, 0.4) is 0 Å². The first-order valence-corrected chi connectivity index (χ1v) is 5.00. The minimum Gasteiger partial charge on any atom is -0.366 e. The molecule has 0 saturated carbocycles. The van der Waals surface area contributed by atoms with Gasteiger partial charge in [-0.15, -0.1) is 0 Å². The first-order chi connectivity index (χ1) is 6.24. The number of halogens is 1. The third kappa shape index (κ3) is 3.19. The minimum atomic E-state index is 0.825. The van der Waals surface area contributed by atoms with E-state index in [1.807, 2.05) is 26.0 Å². The molecule has 0 aliphatic heterocycles. The van der Waals surface area contributed by atoms with Crippen molar-refractivity contribution in [1.82, 2.24) is 4.98 Å². The molecule has 0 saturated heterocycles. The Morgan fingerprint density at radius 2 is 2.38 bits per heavy atom. The predicted octanol–water partition coefficient (Wildman–Crippen LogP) is 3.14. The Bertz CT molecular complexity index is 308. The average molecular weight is 241 g/mol. The maximum atomic E-state index is 4.26. The SMILES string of the molecule is C/C=C/CNc1ncc(Br)cc1C. The smallest absolute Gasteiger partial charge is 0.129 e. The van der Waals surface area contributed by atoms with E-state index in [-0.39, 0.29) is 0 Å². The quantitative estimate of drug-likeness (QED) is 0.822. The zero-order valence-electron chi connectivity index (χ0n) is 7.84. The molecule has 13 heavy (non-hydrogen) atoms. The fraction of sp³-hybridized carbons (Fsp3) is 0.300. The molecule has 3 heteroatoms. The van der Waals surface area contributed by atoms with Gasteiger partial charge in [0, 0.05) is 17.2 Å². The van der Waals surface area contributed by atoms with Crippen molar-refractivity contribution in [1.29, 1.82) is 0 Å². The Kier molecular flexibility index (Phi) is 3.96. The second-order valence-electron chi connectivity index (χ2n) is 2.77. The van der Waals surface area contributed by atoms with Crippen LogP contribution in [-0.2, 0) is 0 Å². The molecule has 70 valence electrons.